The minimum Gasteiger partial charge on any atom is -0.379 e. The number of fused-ring (bicyclic) bond motifs is 1. The third-order valence-electron chi connectivity index (χ3n) is 5.27. The number of rotatable bonds is 4. The highest BCUT2D eigenvalue weighted by Gasteiger charge is 2.27. The minimum atomic E-state index is 0.215. The minimum absolute atomic E-state index is 0.215. The van der Waals surface area contributed by atoms with Gasteiger partial charge in [0.15, 0.2) is 0 Å². The highest BCUT2D eigenvalue weighted by atomic mass is 79.9. The molecule has 3 aromatic rings. The highest BCUT2D eigenvalue weighted by molar-refractivity contribution is 9.10. The van der Waals surface area contributed by atoms with E-state index in [-0.39, 0.29) is 6.04 Å². The zero-order chi connectivity index (χ0) is 18.8. The Balaban J connectivity index is 1.70. The number of aromatic nitrogens is 1. The fraction of sp³-hybridized carbons (Fsp3) is 0.450. The van der Waals surface area contributed by atoms with Crippen molar-refractivity contribution in [3.63, 3.8) is 0 Å². The molecular formula is C20H23BrClN3S2. The van der Waals surface area contributed by atoms with Crippen LogP contribution in [-0.2, 0) is 6.54 Å². The van der Waals surface area contributed by atoms with Crippen molar-refractivity contribution in [3.05, 3.63) is 43.0 Å². The normalized spacial score (nSPS) is 21.1. The van der Waals surface area contributed by atoms with Gasteiger partial charge in [0.25, 0.3) is 0 Å². The Kier molecular flexibility index (Phi) is 6.39. The van der Waals surface area contributed by atoms with Gasteiger partial charge in [-0.1, -0.05) is 43.4 Å². The van der Waals surface area contributed by atoms with Crippen LogP contribution in [0.5, 0.6) is 0 Å². The van der Waals surface area contributed by atoms with Gasteiger partial charge >= 0.3 is 0 Å². The van der Waals surface area contributed by atoms with Crippen LogP contribution in [0.4, 0.5) is 5.69 Å². The molecule has 0 aliphatic heterocycles. The maximum atomic E-state index is 6.59. The Labute approximate surface area is 181 Å². The Hall–Kier alpha value is -0.660. The number of anilines is 1. The van der Waals surface area contributed by atoms with E-state index in [0.717, 1.165) is 39.8 Å². The van der Waals surface area contributed by atoms with E-state index in [1.165, 1.54) is 35.4 Å². The summed E-state index contributed by atoms with van der Waals surface area (Å²) in [4.78, 5) is 7.24. The maximum absolute atomic E-state index is 6.59. The summed E-state index contributed by atoms with van der Waals surface area (Å²) in [6.45, 7) is 0.793. The Bertz CT molecular complexity index is 910. The topological polar surface area (TPSA) is 50.9 Å². The first-order valence-corrected chi connectivity index (χ1v) is 12.3. The number of hydrogen-bond acceptors (Lipinski definition) is 5. The molecule has 27 heavy (non-hydrogen) atoms. The molecule has 0 aromatic carbocycles. The lowest BCUT2D eigenvalue weighted by atomic mass is 9.86. The van der Waals surface area contributed by atoms with E-state index in [1.807, 2.05) is 17.4 Å². The zero-order valence-corrected chi connectivity index (χ0v) is 19.0. The SMILES string of the molecule is N[C@@H]1CCCCCC[C@H]1c1sc2c(NCc3cccs3)cc(Cl)nc2c1Br. The largest absolute Gasteiger partial charge is 0.379 e. The molecule has 1 aliphatic carbocycles. The average molecular weight is 485 g/mol. The van der Waals surface area contributed by atoms with Gasteiger partial charge in [0, 0.05) is 34.3 Å². The fourth-order valence-corrected chi connectivity index (χ4v) is 6.96. The predicted molar refractivity (Wildman–Crippen MR) is 122 cm³/mol. The van der Waals surface area contributed by atoms with Crippen molar-refractivity contribution in [1.82, 2.24) is 4.98 Å². The molecule has 0 radical (unpaired) electrons. The molecule has 3 N–H and O–H groups in total. The van der Waals surface area contributed by atoms with Gasteiger partial charge in [0.1, 0.15) is 5.15 Å². The molecule has 2 atom stereocenters. The van der Waals surface area contributed by atoms with E-state index in [2.05, 4.69) is 43.7 Å². The van der Waals surface area contributed by atoms with Gasteiger partial charge in [0.2, 0.25) is 0 Å². The van der Waals surface area contributed by atoms with Crippen molar-refractivity contribution in [1.29, 1.82) is 0 Å². The van der Waals surface area contributed by atoms with Crippen LogP contribution in [0.1, 0.15) is 54.2 Å². The third-order valence-corrected chi connectivity index (χ3v) is 8.75. The summed E-state index contributed by atoms with van der Waals surface area (Å²) >= 11 is 13.7. The van der Waals surface area contributed by atoms with Crippen molar-refractivity contribution in [3.8, 4) is 0 Å². The van der Waals surface area contributed by atoms with Gasteiger partial charge in [-0.3, -0.25) is 0 Å². The second kappa shape index (κ2) is 8.78. The molecule has 0 saturated heterocycles. The van der Waals surface area contributed by atoms with E-state index in [1.54, 1.807) is 11.3 Å². The summed E-state index contributed by atoms with van der Waals surface area (Å²) in [7, 11) is 0. The number of nitrogens with two attached hydrogens (primary N) is 1. The molecule has 4 rings (SSSR count). The molecule has 3 aromatic heterocycles. The molecule has 7 heteroatoms. The van der Waals surface area contributed by atoms with Gasteiger partial charge in [-0.2, -0.15) is 0 Å². The molecule has 3 heterocycles. The van der Waals surface area contributed by atoms with Crippen LogP contribution in [0, 0.1) is 0 Å². The first-order valence-electron chi connectivity index (χ1n) is 9.43. The van der Waals surface area contributed by atoms with Crippen molar-refractivity contribution in [2.24, 2.45) is 5.73 Å². The maximum Gasteiger partial charge on any atom is 0.131 e. The zero-order valence-electron chi connectivity index (χ0n) is 15.0. The lowest BCUT2D eigenvalue weighted by Crippen LogP contribution is -2.29. The van der Waals surface area contributed by atoms with E-state index in [0.29, 0.717) is 11.1 Å². The second-order valence-electron chi connectivity index (χ2n) is 7.15. The smallest absolute Gasteiger partial charge is 0.131 e. The highest BCUT2D eigenvalue weighted by Crippen LogP contribution is 2.46. The summed E-state index contributed by atoms with van der Waals surface area (Å²) in [6.07, 6.45) is 7.35. The molecule has 0 bridgehead atoms. The van der Waals surface area contributed by atoms with E-state index in [4.69, 9.17) is 17.3 Å². The number of halogens is 2. The van der Waals surface area contributed by atoms with Crippen molar-refractivity contribution in [2.75, 3.05) is 5.32 Å². The third kappa shape index (κ3) is 4.35. The van der Waals surface area contributed by atoms with E-state index < -0.39 is 0 Å². The van der Waals surface area contributed by atoms with Crippen LogP contribution in [0.15, 0.2) is 28.1 Å². The number of thiophene rings is 2. The molecule has 1 aliphatic rings. The lowest BCUT2D eigenvalue weighted by molar-refractivity contribution is 0.407. The molecule has 0 amide bonds. The summed E-state index contributed by atoms with van der Waals surface area (Å²) in [5.41, 5.74) is 8.59. The van der Waals surface area contributed by atoms with Crippen LogP contribution in [0.25, 0.3) is 10.2 Å². The number of nitrogens with zero attached hydrogens (tertiary/aromatic N) is 1. The van der Waals surface area contributed by atoms with E-state index >= 15 is 0 Å². The first kappa shape index (κ1) is 19.6. The fourth-order valence-electron chi connectivity index (χ4n) is 3.83. The van der Waals surface area contributed by atoms with Crippen LogP contribution >= 0.6 is 50.2 Å². The van der Waals surface area contributed by atoms with Crippen molar-refractivity contribution >= 4 is 66.1 Å². The quantitative estimate of drug-likeness (QED) is 0.386. The van der Waals surface area contributed by atoms with Gasteiger partial charge in [-0.25, -0.2) is 4.98 Å². The van der Waals surface area contributed by atoms with Gasteiger partial charge in [-0.05, 0) is 40.2 Å². The lowest BCUT2D eigenvalue weighted by Gasteiger charge is -2.25. The number of hydrogen-bond donors (Lipinski definition) is 2. The Morgan fingerprint density at radius 3 is 2.85 bits per heavy atom. The molecule has 0 unspecified atom stereocenters. The van der Waals surface area contributed by atoms with Crippen LogP contribution in [0.2, 0.25) is 5.15 Å². The predicted octanol–water partition coefficient (Wildman–Crippen LogP) is 7.15. The monoisotopic (exact) mass is 483 g/mol. The van der Waals surface area contributed by atoms with E-state index in [9.17, 15) is 0 Å². The Morgan fingerprint density at radius 1 is 1.26 bits per heavy atom. The van der Waals surface area contributed by atoms with Crippen molar-refractivity contribution < 1.29 is 0 Å². The molecule has 3 nitrogen and oxygen atoms in total. The number of pyridine rings is 1. The molecule has 1 saturated carbocycles. The molecular weight excluding hydrogens is 462 g/mol. The number of nitrogens with one attached hydrogen (secondary N) is 1. The van der Waals surface area contributed by atoms with Crippen LogP contribution in [-0.4, -0.2) is 11.0 Å². The van der Waals surface area contributed by atoms with Crippen LogP contribution in [0.3, 0.4) is 0 Å². The summed E-state index contributed by atoms with van der Waals surface area (Å²) < 4.78 is 2.23. The Morgan fingerprint density at radius 2 is 2.07 bits per heavy atom. The molecule has 144 valence electrons. The van der Waals surface area contributed by atoms with Crippen molar-refractivity contribution in [2.45, 2.75) is 57.0 Å². The second-order valence-corrected chi connectivity index (χ2v) is 10.4. The molecule has 1 fully saturated rings. The first-order chi connectivity index (χ1) is 13.1. The summed E-state index contributed by atoms with van der Waals surface area (Å²) in [5.74, 6) is 0.391. The molecule has 0 spiro atoms. The standard InChI is InChI=1S/C20H23BrClN3S2/c21-17-18-20(27-19(17)13-7-3-1-2-4-8-14(13)23)15(10-16(22)25-18)24-11-12-6-5-9-26-12/h5-6,9-10,13-14H,1-4,7-8,11,23H2,(H,24,25)/t13-,14-/m1/s1. The van der Waals surface area contributed by atoms with Gasteiger partial charge < -0.3 is 11.1 Å². The van der Waals surface area contributed by atoms with Gasteiger partial charge in [-0.15, -0.1) is 22.7 Å². The summed E-state index contributed by atoms with van der Waals surface area (Å²) in [5, 5.41) is 6.17. The summed E-state index contributed by atoms with van der Waals surface area (Å²) in [6, 6.07) is 6.36. The average Bonchev–Trinajstić information content (AvgIpc) is 3.26. The van der Waals surface area contributed by atoms with Gasteiger partial charge in [0.05, 0.1) is 20.4 Å². The van der Waals surface area contributed by atoms with Crippen LogP contribution < -0.4 is 11.1 Å².